The van der Waals surface area contributed by atoms with E-state index in [0.717, 1.165) is 10.0 Å². The van der Waals surface area contributed by atoms with Crippen LogP contribution in [-0.4, -0.2) is 37.7 Å². The Labute approximate surface area is 249 Å². The van der Waals surface area contributed by atoms with Crippen molar-refractivity contribution in [3.05, 3.63) is 85.4 Å². The van der Waals surface area contributed by atoms with Crippen LogP contribution in [0.4, 0.5) is 5.69 Å². The molecule has 3 N–H and O–H groups in total. The number of hydrazone groups is 1. The van der Waals surface area contributed by atoms with Crippen molar-refractivity contribution in [2.75, 3.05) is 19.0 Å². The molecule has 0 aliphatic heterocycles. The Bertz CT molecular complexity index is 1350. The van der Waals surface area contributed by atoms with Crippen LogP contribution in [0.2, 0.25) is 0 Å². The molecule has 0 saturated carbocycles. The van der Waals surface area contributed by atoms with Crippen LogP contribution in [0.1, 0.15) is 36.5 Å². The van der Waals surface area contributed by atoms with E-state index in [2.05, 4.69) is 73.5 Å². The van der Waals surface area contributed by atoms with E-state index >= 15 is 0 Å². The average molecular weight is 707 g/mol. The largest absolute Gasteiger partial charge is 0.493 e. The second-order valence-corrected chi connectivity index (χ2v) is 10.7. The Morgan fingerprint density at radius 3 is 2.36 bits per heavy atom. The highest BCUT2D eigenvalue weighted by atomic mass is 127. The van der Waals surface area contributed by atoms with Crippen molar-refractivity contribution in [2.45, 2.75) is 26.3 Å². The summed E-state index contributed by atoms with van der Waals surface area (Å²) in [6, 6.07) is 18.4. The number of anilines is 1. The van der Waals surface area contributed by atoms with E-state index in [1.165, 1.54) is 18.9 Å². The number of nitrogens with zero attached hydrogens (tertiary/aromatic N) is 1. The van der Waals surface area contributed by atoms with E-state index < -0.39 is 11.8 Å². The van der Waals surface area contributed by atoms with Crippen molar-refractivity contribution in [2.24, 2.45) is 5.10 Å². The molecule has 9 nitrogen and oxygen atoms in total. The van der Waals surface area contributed by atoms with Crippen LogP contribution in [0.25, 0.3) is 0 Å². The van der Waals surface area contributed by atoms with Crippen LogP contribution in [0.5, 0.6) is 11.5 Å². The summed E-state index contributed by atoms with van der Waals surface area (Å²) in [6.45, 7) is 4.22. The minimum Gasteiger partial charge on any atom is -0.493 e. The van der Waals surface area contributed by atoms with Gasteiger partial charge in [0.05, 0.1) is 16.9 Å². The summed E-state index contributed by atoms with van der Waals surface area (Å²) >= 11 is 5.40. The molecule has 0 spiro atoms. The highest BCUT2D eigenvalue weighted by Gasteiger charge is 2.15. The molecule has 0 bridgehead atoms. The molecule has 0 aromatic heterocycles. The summed E-state index contributed by atoms with van der Waals surface area (Å²) in [7, 11) is 1.48. The Morgan fingerprint density at radius 1 is 1.03 bits per heavy atom. The molecule has 11 heteroatoms. The van der Waals surface area contributed by atoms with Crippen LogP contribution >= 0.6 is 38.5 Å². The van der Waals surface area contributed by atoms with Gasteiger partial charge >= 0.3 is 11.8 Å². The fourth-order valence-electron chi connectivity index (χ4n) is 3.32. The topological polar surface area (TPSA) is 118 Å². The normalized spacial score (nSPS) is 10.8. The molecule has 3 aromatic rings. The van der Waals surface area contributed by atoms with Crippen molar-refractivity contribution >= 4 is 68.1 Å². The number of ether oxygens (including phenoxy) is 2. The molecule has 0 radical (unpaired) electrons. The van der Waals surface area contributed by atoms with Crippen LogP contribution in [0.15, 0.2) is 70.2 Å². The SMILES string of the molecule is COc1cc(/C=N\NC(=O)C(=O)NCc2ccc(C(C)C)cc2)cc(I)c1OCC(=O)Nc1ccc(Br)cc1. The molecule has 0 atom stereocenters. The van der Waals surface area contributed by atoms with Gasteiger partial charge in [0.25, 0.3) is 5.91 Å². The molecule has 3 amide bonds. The number of hydrogen-bond acceptors (Lipinski definition) is 6. The van der Waals surface area contributed by atoms with Gasteiger partial charge in [0.2, 0.25) is 0 Å². The smallest absolute Gasteiger partial charge is 0.329 e. The maximum Gasteiger partial charge on any atom is 0.329 e. The fourth-order valence-corrected chi connectivity index (χ4v) is 4.37. The van der Waals surface area contributed by atoms with Gasteiger partial charge < -0.3 is 20.1 Å². The van der Waals surface area contributed by atoms with Crippen molar-refractivity contribution in [3.63, 3.8) is 0 Å². The zero-order valence-electron chi connectivity index (χ0n) is 21.6. The van der Waals surface area contributed by atoms with Crippen molar-refractivity contribution in [1.29, 1.82) is 0 Å². The molecular formula is C28H28BrIN4O5. The molecule has 0 unspecified atom stereocenters. The molecule has 0 fully saturated rings. The lowest BCUT2D eigenvalue weighted by Crippen LogP contribution is -2.37. The summed E-state index contributed by atoms with van der Waals surface area (Å²) in [6.07, 6.45) is 1.38. The second kappa shape index (κ2) is 14.6. The Morgan fingerprint density at radius 2 is 1.72 bits per heavy atom. The van der Waals surface area contributed by atoms with Gasteiger partial charge in [0, 0.05) is 16.7 Å². The first-order valence-corrected chi connectivity index (χ1v) is 13.8. The third-order valence-electron chi connectivity index (χ3n) is 5.41. The first-order valence-electron chi connectivity index (χ1n) is 11.9. The summed E-state index contributed by atoms with van der Waals surface area (Å²) < 4.78 is 12.7. The zero-order chi connectivity index (χ0) is 28.4. The number of halogens is 2. The van der Waals surface area contributed by atoms with E-state index in [0.29, 0.717) is 32.2 Å². The Balaban J connectivity index is 1.52. The summed E-state index contributed by atoms with van der Waals surface area (Å²) in [4.78, 5) is 36.5. The van der Waals surface area contributed by atoms with E-state index in [1.54, 1.807) is 24.3 Å². The number of hydrogen-bond donors (Lipinski definition) is 3. The molecule has 3 aromatic carbocycles. The Hall–Kier alpha value is -3.45. The first kappa shape index (κ1) is 30.1. The first-order chi connectivity index (χ1) is 18.7. The standard InChI is InChI=1S/C28H28BrIN4O5/c1-17(2)20-6-4-18(5-7-20)14-31-27(36)28(37)34-32-15-19-12-23(30)26(24(13-19)38-3)39-16-25(35)33-22-10-8-21(29)9-11-22/h4-13,15,17H,14,16H2,1-3H3,(H,31,36)(H,33,35)(H,34,37)/b32-15-. The number of amides is 3. The third-order valence-corrected chi connectivity index (χ3v) is 6.74. The fraction of sp³-hybridized carbons (Fsp3) is 0.214. The van der Waals surface area contributed by atoms with Crippen LogP contribution < -0.4 is 25.5 Å². The third kappa shape index (κ3) is 9.36. The van der Waals surface area contributed by atoms with E-state index in [-0.39, 0.29) is 19.1 Å². The molecule has 0 aliphatic rings. The molecule has 39 heavy (non-hydrogen) atoms. The quantitative estimate of drug-likeness (QED) is 0.119. The molecule has 204 valence electrons. The molecule has 0 aliphatic carbocycles. The lowest BCUT2D eigenvalue weighted by Gasteiger charge is -2.13. The van der Waals surface area contributed by atoms with Crippen molar-refractivity contribution in [1.82, 2.24) is 10.7 Å². The highest BCUT2D eigenvalue weighted by molar-refractivity contribution is 14.1. The van der Waals surface area contributed by atoms with Gasteiger partial charge in [-0.05, 0) is 81.6 Å². The molecule has 0 saturated heterocycles. The minimum atomic E-state index is -0.886. The lowest BCUT2D eigenvalue weighted by atomic mass is 10.0. The molecular weight excluding hydrogens is 679 g/mol. The van der Waals surface area contributed by atoms with Gasteiger partial charge in [-0.25, -0.2) is 5.43 Å². The monoisotopic (exact) mass is 706 g/mol. The lowest BCUT2D eigenvalue weighted by molar-refractivity contribution is -0.139. The maximum absolute atomic E-state index is 12.3. The van der Waals surface area contributed by atoms with Crippen LogP contribution in [0.3, 0.4) is 0 Å². The van der Waals surface area contributed by atoms with Gasteiger partial charge in [0.15, 0.2) is 18.1 Å². The second-order valence-electron chi connectivity index (χ2n) is 8.66. The predicted molar refractivity (Wildman–Crippen MR) is 162 cm³/mol. The highest BCUT2D eigenvalue weighted by Crippen LogP contribution is 2.33. The van der Waals surface area contributed by atoms with Crippen molar-refractivity contribution in [3.8, 4) is 11.5 Å². The number of benzene rings is 3. The summed E-state index contributed by atoms with van der Waals surface area (Å²) in [5, 5.41) is 9.20. The van der Waals surface area contributed by atoms with Gasteiger partial charge in [0.1, 0.15) is 0 Å². The van der Waals surface area contributed by atoms with Crippen LogP contribution in [0, 0.1) is 3.57 Å². The van der Waals surface area contributed by atoms with Gasteiger partial charge in [-0.1, -0.05) is 54.0 Å². The number of carbonyl (C=O) groups is 3. The number of nitrogens with one attached hydrogen (secondary N) is 3. The molecule has 3 rings (SSSR count). The summed E-state index contributed by atoms with van der Waals surface area (Å²) in [5.74, 6) is -0.813. The van der Waals surface area contributed by atoms with Crippen molar-refractivity contribution < 1.29 is 23.9 Å². The molecule has 0 heterocycles. The van der Waals surface area contributed by atoms with Gasteiger partial charge in [-0.2, -0.15) is 5.10 Å². The number of rotatable bonds is 10. The van der Waals surface area contributed by atoms with E-state index in [1.807, 2.05) is 36.4 Å². The van der Waals surface area contributed by atoms with Crippen LogP contribution in [-0.2, 0) is 20.9 Å². The minimum absolute atomic E-state index is 0.219. The van der Waals surface area contributed by atoms with Gasteiger partial charge in [-0.3, -0.25) is 14.4 Å². The average Bonchev–Trinajstić information content (AvgIpc) is 2.92. The zero-order valence-corrected chi connectivity index (χ0v) is 25.3. The van der Waals surface area contributed by atoms with Gasteiger partial charge in [-0.15, -0.1) is 0 Å². The Kier molecular flexibility index (Phi) is 11.3. The number of methoxy groups -OCH3 is 1. The maximum atomic E-state index is 12.3. The van der Waals surface area contributed by atoms with E-state index in [4.69, 9.17) is 9.47 Å². The predicted octanol–water partition coefficient (Wildman–Crippen LogP) is 4.97. The van der Waals surface area contributed by atoms with E-state index in [9.17, 15) is 14.4 Å². The summed E-state index contributed by atoms with van der Waals surface area (Å²) in [5.41, 5.74) is 5.55. The number of carbonyl (C=O) groups excluding carboxylic acids is 3.